The monoisotopic (exact) mass is 212 g/mol. The third kappa shape index (κ3) is 3.24. The third-order valence-electron chi connectivity index (χ3n) is 2.19. The molecule has 0 fully saturated rings. The van der Waals surface area contributed by atoms with Crippen molar-refractivity contribution in [3.8, 4) is 0 Å². The molecule has 0 aliphatic carbocycles. The molecular formula is C11H16O2S. The van der Waals surface area contributed by atoms with Gasteiger partial charge in [-0.3, -0.25) is 4.21 Å². The van der Waals surface area contributed by atoms with Gasteiger partial charge in [0.05, 0.1) is 0 Å². The zero-order valence-corrected chi connectivity index (χ0v) is 9.38. The standard InChI is InChI=1S/C11H16O2S/c1-9(7-12)11-5-3-10(4-6-11)8-14(2)13/h3-6,9,12H,7-8H2,1-2H3/t9?,14-/m0/s1. The SMILES string of the molecule is CC(CO)c1ccc(C[S@](C)=O)cc1. The van der Waals surface area contributed by atoms with E-state index in [2.05, 4.69) is 0 Å². The van der Waals surface area contributed by atoms with E-state index in [0.29, 0.717) is 5.75 Å². The molecule has 0 heterocycles. The molecule has 0 spiro atoms. The van der Waals surface area contributed by atoms with Crippen molar-refractivity contribution in [1.82, 2.24) is 0 Å². The highest BCUT2D eigenvalue weighted by Crippen LogP contribution is 2.15. The molecule has 1 unspecified atom stereocenters. The van der Waals surface area contributed by atoms with Gasteiger partial charge in [0.2, 0.25) is 0 Å². The molecule has 0 saturated carbocycles. The molecule has 14 heavy (non-hydrogen) atoms. The average molecular weight is 212 g/mol. The largest absolute Gasteiger partial charge is 0.396 e. The van der Waals surface area contributed by atoms with Crippen molar-refractivity contribution in [2.45, 2.75) is 18.6 Å². The van der Waals surface area contributed by atoms with Gasteiger partial charge in [0.15, 0.2) is 0 Å². The van der Waals surface area contributed by atoms with Crippen LogP contribution in [0.15, 0.2) is 24.3 Å². The van der Waals surface area contributed by atoms with Crippen molar-refractivity contribution in [2.75, 3.05) is 12.9 Å². The van der Waals surface area contributed by atoms with Gasteiger partial charge in [-0.05, 0) is 11.1 Å². The molecule has 0 amide bonds. The Kier molecular flexibility index (Phi) is 4.29. The summed E-state index contributed by atoms with van der Waals surface area (Å²) in [4.78, 5) is 0. The first-order valence-corrected chi connectivity index (χ1v) is 6.36. The second kappa shape index (κ2) is 5.27. The van der Waals surface area contributed by atoms with E-state index in [9.17, 15) is 4.21 Å². The normalized spacial score (nSPS) is 15.1. The molecule has 3 heteroatoms. The fraction of sp³-hybridized carbons (Fsp3) is 0.455. The molecular weight excluding hydrogens is 196 g/mol. The van der Waals surface area contributed by atoms with Crippen molar-refractivity contribution in [2.24, 2.45) is 0 Å². The maximum atomic E-state index is 11.0. The van der Waals surface area contributed by atoms with Crippen LogP contribution in [0.3, 0.4) is 0 Å². The van der Waals surface area contributed by atoms with Crippen LogP contribution < -0.4 is 0 Å². The van der Waals surface area contributed by atoms with E-state index in [0.717, 1.165) is 11.1 Å². The fourth-order valence-corrected chi connectivity index (χ4v) is 1.94. The van der Waals surface area contributed by atoms with Crippen molar-refractivity contribution >= 4 is 10.8 Å². The summed E-state index contributed by atoms with van der Waals surface area (Å²) in [5.74, 6) is 0.782. The van der Waals surface area contributed by atoms with Crippen LogP contribution in [0.4, 0.5) is 0 Å². The quantitative estimate of drug-likeness (QED) is 0.824. The van der Waals surface area contributed by atoms with Gasteiger partial charge in [-0.2, -0.15) is 0 Å². The minimum absolute atomic E-state index is 0.166. The summed E-state index contributed by atoms with van der Waals surface area (Å²) < 4.78 is 11.0. The number of hydrogen-bond acceptors (Lipinski definition) is 2. The minimum atomic E-state index is -0.785. The van der Waals surface area contributed by atoms with Gasteiger partial charge in [0.1, 0.15) is 0 Å². The molecule has 1 aromatic rings. The molecule has 0 aromatic heterocycles. The second-order valence-electron chi connectivity index (χ2n) is 3.54. The van der Waals surface area contributed by atoms with Crippen molar-refractivity contribution in [3.63, 3.8) is 0 Å². The first kappa shape index (κ1) is 11.4. The predicted molar refractivity (Wildman–Crippen MR) is 59.7 cm³/mol. The molecule has 1 aromatic carbocycles. The van der Waals surface area contributed by atoms with Crippen LogP contribution in [0.5, 0.6) is 0 Å². The molecule has 0 saturated heterocycles. The van der Waals surface area contributed by atoms with Crippen LogP contribution in [-0.4, -0.2) is 22.2 Å². The molecule has 0 aliphatic rings. The molecule has 0 bridgehead atoms. The van der Waals surface area contributed by atoms with Crippen LogP contribution in [0.1, 0.15) is 24.0 Å². The summed E-state index contributed by atoms with van der Waals surface area (Å²) in [5.41, 5.74) is 2.21. The van der Waals surface area contributed by atoms with Crippen molar-refractivity contribution in [1.29, 1.82) is 0 Å². The van der Waals surface area contributed by atoms with E-state index in [1.165, 1.54) is 0 Å². The highest BCUT2D eigenvalue weighted by Gasteiger charge is 2.03. The topological polar surface area (TPSA) is 37.3 Å². The summed E-state index contributed by atoms with van der Waals surface area (Å²) in [6.45, 7) is 2.14. The number of aliphatic hydroxyl groups is 1. The average Bonchev–Trinajstić information content (AvgIpc) is 2.17. The van der Waals surface area contributed by atoms with Crippen molar-refractivity contribution < 1.29 is 9.32 Å². The summed E-state index contributed by atoms with van der Waals surface area (Å²) in [6.07, 6.45) is 1.70. The van der Waals surface area contributed by atoms with Crippen LogP contribution in [0, 0.1) is 0 Å². The van der Waals surface area contributed by atoms with Crippen molar-refractivity contribution in [3.05, 3.63) is 35.4 Å². The zero-order valence-electron chi connectivity index (χ0n) is 8.56. The summed E-state index contributed by atoms with van der Waals surface area (Å²) >= 11 is 0. The van der Waals surface area contributed by atoms with Gasteiger partial charge in [-0.15, -0.1) is 0 Å². The number of benzene rings is 1. The van der Waals surface area contributed by atoms with E-state index in [4.69, 9.17) is 5.11 Å². The van der Waals surface area contributed by atoms with Gasteiger partial charge < -0.3 is 5.11 Å². The van der Waals surface area contributed by atoms with Crippen LogP contribution in [-0.2, 0) is 16.6 Å². The summed E-state index contributed by atoms with van der Waals surface area (Å²) in [7, 11) is -0.785. The van der Waals surface area contributed by atoms with E-state index in [1.807, 2.05) is 31.2 Å². The highest BCUT2D eigenvalue weighted by molar-refractivity contribution is 7.83. The molecule has 0 aliphatic heterocycles. The lowest BCUT2D eigenvalue weighted by Crippen LogP contribution is -1.99. The van der Waals surface area contributed by atoms with E-state index in [1.54, 1.807) is 6.26 Å². The van der Waals surface area contributed by atoms with Gasteiger partial charge in [0.25, 0.3) is 0 Å². The van der Waals surface area contributed by atoms with Crippen LogP contribution in [0.25, 0.3) is 0 Å². The fourth-order valence-electron chi connectivity index (χ4n) is 1.28. The Morgan fingerprint density at radius 2 is 1.93 bits per heavy atom. The number of rotatable bonds is 4. The summed E-state index contributed by atoms with van der Waals surface area (Å²) in [5, 5.41) is 8.95. The molecule has 78 valence electrons. The Morgan fingerprint density at radius 3 is 2.36 bits per heavy atom. The zero-order chi connectivity index (χ0) is 10.6. The number of hydrogen-bond donors (Lipinski definition) is 1. The minimum Gasteiger partial charge on any atom is -0.396 e. The lowest BCUT2D eigenvalue weighted by Gasteiger charge is -2.08. The maximum absolute atomic E-state index is 11.0. The van der Waals surface area contributed by atoms with Gasteiger partial charge in [0, 0.05) is 35.3 Å². The summed E-state index contributed by atoms with van der Waals surface area (Å²) in [6, 6.07) is 7.93. The third-order valence-corrected chi connectivity index (χ3v) is 2.93. The first-order chi connectivity index (χ1) is 6.63. The predicted octanol–water partition coefficient (Wildman–Crippen LogP) is 1.66. The Labute approximate surface area is 87.4 Å². The number of aliphatic hydroxyl groups excluding tert-OH is 1. The Morgan fingerprint density at radius 1 is 1.36 bits per heavy atom. The Bertz CT molecular complexity index is 306. The van der Waals surface area contributed by atoms with E-state index in [-0.39, 0.29) is 12.5 Å². The molecule has 0 radical (unpaired) electrons. The smallest absolute Gasteiger partial charge is 0.0497 e. The van der Waals surface area contributed by atoms with Gasteiger partial charge in [-0.25, -0.2) is 0 Å². The van der Waals surface area contributed by atoms with Crippen LogP contribution in [0.2, 0.25) is 0 Å². The Hall–Kier alpha value is -0.670. The lowest BCUT2D eigenvalue weighted by atomic mass is 10.0. The molecule has 1 rings (SSSR count). The molecule has 1 N–H and O–H groups in total. The maximum Gasteiger partial charge on any atom is 0.0497 e. The van der Waals surface area contributed by atoms with Crippen LogP contribution >= 0.6 is 0 Å². The second-order valence-corrected chi connectivity index (χ2v) is 4.98. The highest BCUT2D eigenvalue weighted by atomic mass is 32.2. The lowest BCUT2D eigenvalue weighted by molar-refractivity contribution is 0.273. The first-order valence-electron chi connectivity index (χ1n) is 4.63. The van der Waals surface area contributed by atoms with Gasteiger partial charge in [-0.1, -0.05) is 31.2 Å². The Balaban J connectivity index is 2.73. The van der Waals surface area contributed by atoms with E-state index >= 15 is 0 Å². The van der Waals surface area contributed by atoms with E-state index < -0.39 is 10.8 Å². The molecule has 2 nitrogen and oxygen atoms in total. The molecule has 2 atom stereocenters. The van der Waals surface area contributed by atoms with Gasteiger partial charge >= 0.3 is 0 Å².